The van der Waals surface area contributed by atoms with Crippen LogP contribution in [-0.4, -0.2) is 23.1 Å². The molecule has 0 aromatic heterocycles. The molecule has 4 unspecified atom stereocenters. The van der Waals surface area contributed by atoms with E-state index in [1.54, 1.807) is 0 Å². The fraction of sp³-hybridized carbons (Fsp3) is 0.818. The molecule has 0 aliphatic heterocycles. The van der Waals surface area contributed by atoms with Gasteiger partial charge < -0.3 is 0 Å². The summed E-state index contributed by atoms with van der Waals surface area (Å²) < 4.78 is 0. The molecule has 0 bridgehead atoms. The van der Waals surface area contributed by atoms with Gasteiger partial charge in [-0.1, -0.05) is 27.7 Å². The fourth-order valence-corrected chi connectivity index (χ4v) is 6.71. The Labute approximate surface area is 155 Å². The van der Waals surface area contributed by atoms with Crippen LogP contribution in [0.1, 0.15) is 53.4 Å². The van der Waals surface area contributed by atoms with Crippen LogP contribution in [0.25, 0.3) is 0 Å². The quantitative estimate of drug-likeness (QED) is 0.711. The molecule has 0 aromatic carbocycles. The van der Waals surface area contributed by atoms with E-state index in [1.165, 1.54) is 0 Å². The fourth-order valence-electron chi connectivity index (χ4n) is 6.71. The van der Waals surface area contributed by atoms with Gasteiger partial charge in [0.15, 0.2) is 0 Å². The Bertz CT molecular complexity index is 570. The van der Waals surface area contributed by atoms with Crippen LogP contribution in [0.4, 0.5) is 0 Å². The molecular formula is C22H30O4. The average molecular weight is 358 g/mol. The lowest BCUT2D eigenvalue weighted by atomic mass is 9.44. The second kappa shape index (κ2) is 6.10. The SMILES string of the molecule is CC(C)C1CC2C(=O)C(=O)C3CC(C(C)C)CC4C(=O)C(=O)C(C1)C2C34. The van der Waals surface area contributed by atoms with Gasteiger partial charge in [-0.25, -0.2) is 0 Å². The van der Waals surface area contributed by atoms with Gasteiger partial charge in [-0.3, -0.25) is 19.2 Å². The molecule has 4 heteroatoms. The van der Waals surface area contributed by atoms with Gasteiger partial charge in [0.1, 0.15) is 0 Å². The first kappa shape index (κ1) is 18.1. The first-order chi connectivity index (χ1) is 12.2. The number of hydrogen-bond donors (Lipinski definition) is 0. The Morgan fingerprint density at radius 2 is 0.769 bits per heavy atom. The highest BCUT2D eigenvalue weighted by molar-refractivity contribution is 6.42. The Morgan fingerprint density at radius 3 is 0.962 bits per heavy atom. The molecule has 26 heavy (non-hydrogen) atoms. The summed E-state index contributed by atoms with van der Waals surface area (Å²) in [5.41, 5.74) is 0. The molecule has 4 nitrogen and oxygen atoms in total. The third-order valence-electron chi connectivity index (χ3n) is 8.25. The molecule has 4 atom stereocenters. The van der Waals surface area contributed by atoms with Crippen molar-refractivity contribution in [2.75, 3.05) is 0 Å². The highest BCUT2D eigenvalue weighted by Gasteiger charge is 2.64. The van der Waals surface area contributed by atoms with Crippen LogP contribution >= 0.6 is 0 Å². The third-order valence-corrected chi connectivity index (χ3v) is 8.25. The van der Waals surface area contributed by atoms with Crippen molar-refractivity contribution in [3.8, 4) is 0 Å². The van der Waals surface area contributed by atoms with E-state index >= 15 is 0 Å². The number of carbonyl (C=O) groups excluding carboxylic acids is 4. The summed E-state index contributed by atoms with van der Waals surface area (Å²) >= 11 is 0. The van der Waals surface area contributed by atoms with E-state index in [0.717, 1.165) is 0 Å². The van der Waals surface area contributed by atoms with E-state index < -0.39 is 0 Å². The van der Waals surface area contributed by atoms with E-state index in [1.807, 2.05) is 0 Å². The summed E-state index contributed by atoms with van der Waals surface area (Å²) in [6.07, 6.45) is 2.87. The largest absolute Gasteiger partial charge is 0.291 e. The molecule has 0 heterocycles. The first-order valence-electron chi connectivity index (χ1n) is 10.4. The standard InChI is InChI=1S/C22H30O4/c1-9(2)11-5-13-17-14(6-11)20(24)22(26)16-8-12(10(3)4)7-15(18(16)17)21(25)19(13)23/h9-18H,5-8H2,1-4H3. The second-order valence-corrected chi connectivity index (χ2v) is 9.99. The number of ketones is 4. The molecule has 0 N–H and O–H groups in total. The molecule has 4 saturated carbocycles. The molecule has 4 aliphatic carbocycles. The van der Waals surface area contributed by atoms with E-state index in [9.17, 15) is 19.2 Å². The minimum atomic E-state index is -0.329. The van der Waals surface area contributed by atoms with E-state index in [4.69, 9.17) is 0 Å². The molecule has 4 rings (SSSR count). The Morgan fingerprint density at radius 1 is 0.538 bits per heavy atom. The minimum Gasteiger partial charge on any atom is -0.291 e. The molecular weight excluding hydrogens is 328 g/mol. The zero-order chi connectivity index (χ0) is 18.9. The highest BCUT2D eigenvalue weighted by atomic mass is 16.2. The average Bonchev–Trinajstić information content (AvgIpc) is 2.61. The monoisotopic (exact) mass is 358 g/mol. The summed E-state index contributed by atoms with van der Waals surface area (Å²) in [7, 11) is 0. The van der Waals surface area contributed by atoms with Crippen molar-refractivity contribution in [1.82, 2.24) is 0 Å². The van der Waals surface area contributed by atoms with Crippen molar-refractivity contribution in [1.29, 1.82) is 0 Å². The van der Waals surface area contributed by atoms with E-state index in [2.05, 4.69) is 27.7 Å². The molecule has 0 radical (unpaired) electrons. The van der Waals surface area contributed by atoms with Gasteiger partial charge in [0.25, 0.3) is 0 Å². The summed E-state index contributed by atoms with van der Waals surface area (Å²) in [6.45, 7) is 8.42. The van der Waals surface area contributed by atoms with Crippen LogP contribution in [0.5, 0.6) is 0 Å². The molecule has 142 valence electrons. The van der Waals surface area contributed by atoms with Crippen molar-refractivity contribution in [3.63, 3.8) is 0 Å². The zero-order valence-electron chi connectivity index (χ0n) is 16.2. The summed E-state index contributed by atoms with van der Waals surface area (Å²) in [4.78, 5) is 51.9. The number of hydrogen-bond acceptors (Lipinski definition) is 4. The first-order valence-corrected chi connectivity index (χ1v) is 10.4. The minimum absolute atomic E-state index is 0.0662. The molecule has 4 fully saturated rings. The van der Waals surface area contributed by atoms with Crippen LogP contribution in [-0.2, 0) is 19.2 Å². The van der Waals surface area contributed by atoms with Crippen LogP contribution in [0, 0.1) is 59.2 Å². The van der Waals surface area contributed by atoms with Gasteiger partial charge in [0, 0.05) is 23.7 Å². The smallest absolute Gasteiger partial charge is 0.202 e. The maximum absolute atomic E-state index is 13.0. The molecule has 0 amide bonds. The Kier molecular flexibility index (Phi) is 4.24. The maximum atomic E-state index is 13.0. The number of carbonyl (C=O) groups is 4. The van der Waals surface area contributed by atoms with Gasteiger partial charge in [0.05, 0.1) is 0 Å². The van der Waals surface area contributed by atoms with Gasteiger partial charge in [-0.15, -0.1) is 0 Å². The van der Waals surface area contributed by atoms with E-state index in [0.29, 0.717) is 37.5 Å². The Hall–Kier alpha value is -1.32. The molecule has 4 aliphatic rings. The normalized spacial score (nSPS) is 45.3. The predicted octanol–water partition coefficient (Wildman–Crippen LogP) is 3.12. The van der Waals surface area contributed by atoms with Crippen LogP contribution in [0.3, 0.4) is 0 Å². The third kappa shape index (κ3) is 2.40. The van der Waals surface area contributed by atoms with Crippen LogP contribution < -0.4 is 0 Å². The second-order valence-electron chi connectivity index (χ2n) is 9.99. The summed E-state index contributed by atoms with van der Waals surface area (Å²) in [5.74, 6) is -1.20. The van der Waals surface area contributed by atoms with Gasteiger partial charge in [-0.05, 0) is 61.2 Å². The van der Waals surface area contributed by atoms with Crippen LogP contribution in [0.2, 0.25) is 0 Å². The topological polar surface area (TPSA) is 68.3 Å². The van der Waals surface area contributed by atoms with Crippen molar-refractivity contribution in [3.05, 3.63) is 0 Å². The van der Waals surface area contributed by atoms with Gasteiger partial charge in [0.2, 0.25) is 23.1 Å². The van der Waals surface area contributed by atoms with Gasteiger partial charge >= 0.3 is 0 Å². The van der Waals surface area contributed by atoms with Crippen molar-refractivity contribution in [2.45, 2.75) is 53.4 Å². The number of rotatable bonds is 2. The lowest BCUT2D eigenvalue weighted by Gasteiger charge is -2.57. The van der Waals surface area contributed by atoms with Crippen molar-refractivity contribution in [2.24, 2.45) is 59.2 Å². The highest BCUT2D eigenvalue weighted by Crippen LogP contribution is 2.59. The van der Waals surface area contributed by atoms with Crippen molar-refractivity contribution >= 4 is 23.1 Å². The van der Waals surface area contributed by atoms with Crippen LogP contribution in [0.15, 0.2) is 0 Å². The lowest BCUT2D eigenvalue weighted by molar-refractivity contribution is -0.173. The maximum Gasteiger partial charge on any atom is 0.202 e. The summed E-state index contributed by atoms with van der Waals surface area (Å²) in [6, 6.07) is 0. The van der Waals surface area contributed by atoms with Gasteiger partial charge in [-0.2, -0.15) is 0 Å². The predicted molar refractivity (Wildman–Crippen MR) is 96.1 cm³/mol. The molecule has 0 aromatic rings. The summed E-state index contributed by atoms with van der Waals surface area (Å²) in [5, 5.41) is 0. The Balaban J connectivity index is 1.78. The molecule has 0 spiro atoms. The lowest BCUT2D eigenvalue weighted by Crippen LogP contribution is -2.63. The molecule has 0 saturated heterocycles. The van der Waals surface area contributed by atoms with Crippen molar-refractivity contribution < 1.29 is 19.2 Å². The van der Waals surface area contributed by atoms with E-state index in [-0.39, 0.29) is 70.5 Å². The number of Topliss-reactive ketones (excluding diaryl/α,β-unsaturated/α-hetero) is 4. The zero-order valence-corrected chi connectivity index (χ0v) is 16.2.